The summed E-state index contributed by atoms with van der Waals surface area (Å²) in [6, 6.07) is 6.51. The molecule has 2 aromatic rings. The summed E-state index contributed by atoms with van der Waals surface area (Å²) < 4.78 is 5.58. The molecule has 1 saturated heterocycles. The Morgan fingerprint density at radius 2 is 2.09 bits per heavy atom. The summed E-state index contributed by atoms with van der Waals surface area (Å²) in [5.41, 5.74) is 0.807. The zero-order chi connectivity index (χ0) is 22.8. The monoisotopic (exact) mass is 459 g/mol. The number of carbonyl (C=O) groups excluding carboxylic acids is 1. The molecule has 4 atom stereocenters. The number of carbonyl (C=O) groups is 1. The Morgan fingerprint density at radius 1 is 1.28 bits per heavy atom. The van der Waals surface area contributed by atoms with E-state index in [4.69, 9.17) is 16.3 Å². The Labute approximate surface area is 195 Å². The third-order valence-corrected chi connectivity index (χ3v) is 7.47. The molecule has 1 aromatic carbocycles. The van der Waals surface area contributed by atoms with E-state index in [9.17, 15) is 4.79 Å². The third kappa shape index (κ3) is 4.70. The molecule has 2 aliphatic rings. The number of methoxy groups -OCH3 is 1. The number of likely N-dealkylation sites (tertiary alicyclic amines) is 1. The van der Waals surface area contributed by atoms with Gasteiger partial charge in [-0.1, -0.05) is 11.6 Å². The fourth-order valence-electron chi connectivity index (χ4n) is 5.29. The maximum Gasteiger partial charge on any atom is 0.245 e. The number of nitrogens with one attached hydrogen (secondary N) is 1. The van der Waals surface area contributed by atoms with E-state index in [-0.39, 0.29) is 18.0 Å². The van der Waals surface area contributed by atoms with Crippen molar-refractivity contribution in [3.63, 3.8) is 0 Å². The fourth-order valence-corrected chi connectivity index (χ4v) is 5.46. The van der Waals surface area contributed by atoms with E-state index >= 15 is 0 Å². The lowest BCUT2D eigenvalue weighted by atomic mass is 9.80. The van der Waals surface area contributed by atoms with Gasteiger partial charge in [-0.25, -0.2) is 9.97 Å². The Kier molecular flexibility index (Phi) is 7.17. The maximum atomic E-state index is 13.4. The summed E-state index contributed by atoms with van der Waals surface area (Å²) in [7, 11) is 3.97. The number of anilines is 1. The van der Waals surface area contributed by atoms with Gasteiger partial charge in [-0.15, -0.1) is 0 Å². The fraction of sp³-hybridized carbons (Fsp3) is 0.625. The van der Waals surface area contributed by atoms with Crippen molar-refractivity contribution >= 4 is 34.2 Å². The molecule has 2 heterocycles. The molecule has 1 aromatic heterocycles. The molecular formula is C24H34ClN5O2. The topological polar surface area (TPSA) is 70.6 Å². The minimum absolute atomic E-state index is 0.153. The number of ether oxygens (including phenoxy) is 1. The van der Waals surface area contributed by atoms with Gasteiger partial charge >= 0.3 is 0 Å². The first-order chi connectivity index (χ1) is 15.4. The van der Waals surface area contributed by atoms with E-state index in [1.54, 1.807) is 7.11 Å². The second kappa shape index (κ2) is 9.89. The summed E-state index contributed by atoms with van der Waals surface area (Å²) >= 11 is 6.19. The van der Waals surface area contributed by atoms with Gasteiger partial charge in [0.25, 0.3) is 0 Å². The van der Waals surface area contributed by atoms with E-state index in [2.05, 4.69) is 46.0 Å². The Bertz CT molecular complexity index is 955. The third-order valence-electron chi connectivity index (χ3n) is 7.23. The summed E-state index contributed by atoms with van der Waals surface area (Å²) in [6.07, 6.45) is 5.47. The number of nitrogens with zero attached hydrogens (tertiary/aromatic N) is 4. The van der Waals surface area contributed by atoms with Crippen molar-refractivity contribution in [3.8, 4) is 0 Å². The largest absolute Gasteiger partial charge is 0.384 e. The second-order valence-corrected chi connectivity index (χ2v) is 9.85. The summed E-state index contributed by atoms with van der Waals surface area (Å²) in [5.74, 6) is 1.16. The first kappa shape index (κ1) is 23.2. The van der Waals surface area contributed by atoms with E-state index < -0.39 is 0 Å². The molecule has 0 bridgehead atoms. The van der Waals surface area contributed by atoms with Gasteiger partial charge < -0.3 is 19.9 Å². The van der Waals surface area contributed by atoms with Crippen LogP contribution >= 0.6 is 11.6 Å². The van der Waals surface area contributed by atoms with Crippen LogP contribution in [0.25, 0.3) is 10.9 Å². The van der Waals surface area contributed by atoms with Gasteiger partial charge in [0.1, 0.15) is 18.2 Å². The van der Waals surface area contributed by atoms with E-state index in [0.717, 1.165) is 43.1 Å². The number of benzene rings is 1. The molecule has 1 aliphatic carbocycles. The first-order valence-electron chi connectivity index (χ1n) is 11.6. The lowest BCUT2D eigenvalue weighted by Gasteiger charge is -2.44. The SMILES string of the molecule is COC[C@H]1C[C@H](N(C)C(C)C)CC[C@@H]1N1CC[C@H](Nc2ncnc3ccc(Cl)cc23)C1=O. The molecular weight excluding hydrogens is 426 g/mol. The highest BCUT2D eigenvalue weighted by Crippen LogP contribution is 2.35. The number of amides is 1. The van der Waals surface area contributed by atoms with Gasteiger partial charge in [0.15, 0.2) is 0 Å². The smallest absolute Gasteiger partial charge is 0.245 e. The van der Waals surface area contributed by atoms with Crippen LogP contribution in [-0.4, -0.2) is 77.2 Å². The van der Waals surface area contributed by atoms with Crippen LogP contribution in [0.2, 0.25) is 5.02 Å². The predicted molar refractivity (Wildman–Crippen MR) is 128 cm³/mol. The zero-order valence-electron chi connectivity index (χ0n) is 19.4. The van der Waals surface area contributed by atoms with Crippen LogP contribution in [0.3, 0.4) is 0 Å². The molecule has 32 heavy (non-hydrogen) atoms. The predicted octanol–water partition coefficient (Wildman–Crippen LogP) is 3.82. The van der Waals surface area contributed by atoms with Crippen molar-refractivity contribution in [1.29, 1.82) is 0 Å². The van der Waals surface area contributed by atoms with Crippen LogP contribution in [0, 0.1) is 5.92 Å². The molecule has 1 aliphatic heterocycles. The second-order valence-electron chi connectivity index (χ2n) is 9.41. The van der Waals surface area contributed by atoms with Crippen LogP contribution in [0.1, 0.15) is 39.5 Å². The van der Waals surface area contributed by atoms with Gasteiger partial charge in [-0.05, 0) is 64.8 Å². The van der Waals surface area contributed by atoms with Gasteiger partial charge in [-0.2, -0.15) is 0 Å². The number of aromatic nitrogens is 2. The van der Waals surface area contributed by atoms with Crippen molar-refractivity contribution in [1.82, 2.24) is 19.8 Å². The zero-order valence-corrected chi connectivity index (χ0v) is 20.2. The van der Waals surface area contributed by atoms with E-state index in [1.165, 1.54) is 6.33 Å². The van der Waals surface area contributed by atoms with Crippen LogP contribution in [0.5, 0.6) is 0 Å². The lowest BCUT2D eigenvalue weighted by molar-refractivity contribution is -0.133. The average Bonchev–Trinajstić information content (AvgIpc) is 3.13. The van der Waals surface area contributed by atoms with Crippen molar-refractivity contribution in [2.75, 3.05) is 32.6 Å². The Balaban J connectivity index is 1.48. The molecule has 1 saturated carbocycles. The quantitative estimate of drug-likeness (QED) is 0.678. The van der Waals surface area contributed by atoms with Crippen LogP contribution < -0.4 is 5.32 Å². The Hall–Kier alpha value is -1.96. The van der Waals surface area contributed by atoms with Crippen LogP contribution in [0.4, 0.5) is 5.82 Å². The van der Waals surface area contributed by atoms with Crippen molar-refractivity contribution in [2.24, 2.45) is 5.92 Å². The van der Waals surface area contributed by atoms with Gasteiger partial charge in [0.05, 0.1) is 12.1 Å². The van der Waals surface area contributed by atoms with Crippen molar-refractivity contribution in [2.45, 2.75) is 63.7 Å². The van der Waals surface area contributed by atoms with Crippen molar-refractivity contribution < 1.29 is 9.53 Å². The van der Waals surface area contributed by atoms with Gasteiger partial charge in [-0.3, -0.25) is 4.79 Å². The summed E-state index contributed by atoms with van der Waals surface area (Å²) in [5, 5.41) is 4.84. The molecule has 4 rings (SSSR count). The van der Waals surface area contributed by atoms with Crippen LogP contribution in [-0.2, 0) is 9.53 Å². The summed E-state index contributed by atoms with van der Waals surface area (Å²) in [4.78, 5) is 26.7. The molecule has 1 amide bonds. The number of rotatable bonds is 7. The van der Waals surface area contributed by atoms with Crippen molar-refractivity contribution in [3.05, 3.63) is 29.5 Å². The minimum atomic E-state index is -0.286. The highest BCUT2D eigenvalue weighted by Gasteiger charge is 2.42. The molecule has 7 nitrogen and oxygen atoms in total. The molecule has 2 fully saturated rings. The molecule has 0 unspecified atom stereocenters. The maximum absolute atomic E-state index is 13.4. The standard InChI is InChI=1S/C24H34ClN5O2/c1-15(2)29(3)18-6-8-22(16(11-18)13-32-4)30-10-9-21(24(30)31)28-23-19-12-17(25)5-7-20(19)26-14-27-23/h5,7,12,14-16,18,21-22H,6,8-11,13H2,1-4H3,(H,26,27,28)/t16-,18-,21+,22+/m1/s1. The average molecular weight is 460 g/mol. The van der Waals surface area contributed by atoms with Gasteiger partial charge in [0, 0.05) is 48.1 Å². The highest BCUT2D eigenvalue weighted by atomic mass is 35.5. The van der Waals surface area contributed by atoms with E-state index in [1.807, 2.05) is 18.2 Å². The lowest BCUT2D eigenvalue weighted by Crippen LogP contribution is -2.52. The summed E-state index contributed by atoms with van der Waals surface area (Å²) in [6.45, 7) is 5.92. The van der Waals surface area contributed by atoms with Gasteiger partial charge in [0.2, 0.25) is 5.91 Å². The number of hydrogen-bond donors (Lipinski definition) is 1. The first-order valence-corrected chi connectivity index (χ1v) is 11.9. The van der Waals surface area contributed by atoms with Crippen LogP contribution in [0.15, 0.2) is 24.5 Å². The van der Waals surface area contributed by atoms with E-state index in [0.29, 0.717) is 35.4 Å². The number of hydrogen-bond acceptors (Lipinski definition) is 6. The molecule has 1 N–H and O–H groups in total. The Morgan fingerprint density at radius 3 is 2.84 bits per heavy atom. The normalized spacial score (nSPS) is 26.5. The molecule has 0 radical (unpaired) electrons. The number of fused-ring (bicyclic) bond motifs is 1. The highest BCUT2D eigenvalue weighted by molar-refractivity contribution is 6.31. The number of halogens is 1. The minimum Gasteiger partial charge on any atom is -0.384 e. The molecule has 0 spiro atoms. The molecule has 174 valence electrons. The molecule has 8 heteroatoms.